The predicted molar refractivity (Wildman–Crippen MR) is 66.1 cm³/mol. The minimum absolute atomic E-state index is 0.120. The average Bonchev–Trinajstić information content (AvgIpc) is 2.70. The van der Waals surface area contributed by atoms with Gasteiger partial charge >= 0.3 is 5.97 Å². The summed E-state index contributed by atoms with van der Waals surface area (Å²) < 4.78 is 4.98. The molecule has 1 aliphatic carbocycles. The molecule has 4 N–H and O–H groups in total. The molecule has 1 saturated carbocycles. The Morgan fingerprint density at radius 2 is 2.06 bits per heavy atom. The third-order valence-corrected chi connectivity index (χ3v) is 3.37. The zero-order valence-electron chi connectivity index (χ0n) is 10.8. The number of hydrogen-bond acceptors (Lipinski definition) is 4. The van der Waals surface area contributed by atoms with E-state index >= 15 is 0 Å². The number of carbonyl (C=O) groups excluding carboxylic acids is 1. The van der Waals surface area contributed by atoms with E-state index in [4.69, 9.17) is 15.6 Å². The molecule has 1 amide bonds. The number of hydrogen-bond donors (Lipinski definition) is 3. The third-order valence-electron chi connectivity index (χ3n) is 3.37. The largest absolute Gasteiger partial charge is 0.481 e. The lowest BCUT2D eigenvalue weighted by Gasteiger charge is -2.23. The summed E-state index contributed by atoms with van der Waals surface area (Å²) >= 11 is 0. The number of amides is 1. The van der Waals surface area contributed by atoms with Crippen molar-refractivity contribution in [3.63, 3.8) is 0 Å². The van der Waals surface area contributed by atoms with Gasteiger partial charge in [-0.1, -0.05) is 12.8 Å². The van der Waals surface area contributed by atoms with Crippen molar-refractivity contribution in [2.75, 3.05) is 13.7 Å². The third kappa shape index (κ3) is 5.01. The maximum absolute atomic E-state index is 11.7. The van der Waals surface area contributed by atoms with Gasteiger partial charge in [0.1, 0.15) is 0 Å². The second-order valence-corrected chi connectivity index (χ2v) is 5.01. The molecule has 104 valence electrons. The Morgan fingerprint density at radius 1 is 1.44 bits per heavy atom. The molecule has 0 aromatic carbocycles. The Labute approximate surface area is 107 Å². The van der Waals surface area contributed by atoms with E-state index in [0.29, 0.717) is 6.42 Å². The normalized spacial score (nSPS) is 19.4. The number of carbonyl (C=O) groups is 2. The van der Waals surface area contributed by atoms with Gasteiger partial charge in [0.25, 0.3) is 0 Å². The van der Waals surface area contributed by atoms with Crippen LogP contribution in [0.2, 0.25) is 0 Å². The minimum Gasteiger partial charge on any atom is -0.481 e. The number of carboxylic acids is 1. The first-order chi connectivity index (χ1) is 8.45. The van der Waals surface area contributed by atoms with Gasteiger partial charge in [0, 0.05) is 25.6 Å². The smallest absolute Gasteiger partial charge is 0.306 e. The van der Waals surface area contributed by atoms with E-state index in [-0.39, 0.29) is 24.4 Å². The molecule has 1 unspecified atom stereocenters. The Bertz CT molecular complexity index is 300. The van der Waals surface area contributed by atoms with Crippen LogP contribution in [0.25, 0.3) is 0 Å². The molecular formula is C12H22N2O4. The second-order valence-electron chi connectivity index (χ2n) is 5.01. The Morgan fingerprint density at radius 3 is 2.56 bits per heavy atom. The van der Waals surface area contributed by atoms with Gasteiger partial charge in [-0.2, -0.15) is 0 Å². The van der Waals surface area contributed by atoms with Crippen molar-refractivity contribution in [3.8, 4) is 0 Å². The van der Waals surface area contributed by atoms with Crippen LogP contribution < -0.4 is 11.1 Å². The summed E-state index contributed by atoms with van der Waals surface area (Å²) in [6, 6.07) is 0. The van der Waals surface area contributed by atoms with Crippen LogP contribution in [0.15, 0.2) is 0 Å². The first-order valence-electron chi connectivity index (χ1n) is 6.25. The molecule has 1 aliphatic rings. The van der Waals surface area contributed by atoms with E-state index in [2.05, 4.69) is 5.32 Å². The summed E-state index contributed by atoms with van der Waals surface area (Å²) in [7, 11) is 1.43. The van der Waals surface area contributed by atoms with Gasteiger partial charge in [0.15, 0.2) is 0 Å². The number of ether oxygens (including phenoxy) is 1. The van der Waals surface area contributed by atoms with Crippen molar-refractivity contribution in [2.24, 2.45) is 5.73 Å². The van der Waals surface area contributed by atoms with E-state index in [9.17, 15) is 9.59 Å². The first-order valence-corrected chi connectivity index (χ1v) is 6.25. The summed E-state index contributed by atoms with van der Waals surface area (Å²) in [5.74, 6) is -1.07. The van der Waals surface area contributed by atoms with Crippen LogP contribution in [-0.2, 0) is 14.3 Å². The summed E-state index contributed by atoms with van der Waals surface area (Å²) in [5, 5.41) is 11.3. The van der Waals surface area contributed by atoms with Crippen molar-refractivity contribution in [1.82, 2.24) is 5.32 Å². The Balaban J connectivity index is 2.29. The lowest BCUT2D eigenvalue weighted by Crippen LogP contribution is -2.44. The predicted octanol–water partition coefficient (Wildman–Crippen LogP) is 0.254. The highest BCUT2D eigenvalue weighted by Gasteiger charge is 2.31. The first kappa shape index (κ1) is 14.9. The average molecular weight is 258 g/mol. The van der Waals surface area contributed by atoms with Gasteiger partial charge in [-0.05, 0) is 12.8 Å². The van der Waals surface area contributed by atoms with Gasteiger partial charge in [-0.15, -0.1) is 0 Å². The van der Waals surface area contributed by atoms with Crippen LogP contribution in [0, 0.1) is 0 Å². The van der Waals surface area contributed by atoms with E-state index < -0.39 is 12.1 Å². The quantitative estimate of drug-likeness (QED) is 0.607. The molecule has 0 spiro atoms. The molecule has 1 atom stereocenters. The number of nitrogens with two attached hydrogens (primary N) is 1. The summed E-state index contributed by atoms with van der Waals surface area (Å²) in [5.41, 5.74) is 5.72. The molecule has 6 heteroatoms. The highest BCUT2D eigenvalue weighted by molar-refractivity contribution is 5.77. The van der Waals surface area contributed by atoms with Crippen molar-refractivity contribution in [2.45, 2.75) is 50.2 Å². The maximum atomic E-state index is 11.7. The van der Waals surface area contributed by atoms with Gasteiger partial charge in [-0.3, -0.25) is 9.59 Å². The Kier molecular flexibility index (Phi) is 5.55. The van der Waals surface area contributed by atoms with Crippen molar-refractivity contribution in [1.29, 1.82) is 0 Å². The molecule has 1 fully saturated rings. The lowest BCUT2D eigenvalue weighted by molar-refractivity contribution is -0.140. The maximum Gasteiger partial charge on any atom is 0.306 e. The molecule has 0 aromatic rings. The number of carboxylic acid groups (broad SMARTS) is 1. The number of rotatable bonds is 7. The van der Waals surface area contributed by atoms with Gasteiger partial charge < -0.3 is 20.9 Å². The van der Waals surface area contributed by atoms with Gasteiger partial charge in [-0.25, -0.2) is 0 Å². The van der Waals surface area contributed by atoms with Crippen LogP contribution in [0.4, 0.5) is 0 Å². The van der Waals surface area contributed by atoms with Crippen molar-refractivity contribution in [3.05, 3.63) is 0 Å². The van der Waals surface area contributed by atoms with Gasteiger partial charge in [0.05, 0.1) is 12.5 Å². The summed E-state index contributed by atoms with van der Waals surface area (Å²) in [4.78, 5) is 22.2. The fourth-order valence-electron chi connectivity index (χ4n) is 2.30. The summed E-state index contributed by atoms with van der Waals surface area (Å²) in [6.45, 7) is 0.206. The zero-order valence-corrected chi connectivity index (χ0v) is 10.8. The highest BCUT2D eigenvalue weighted by Crippen LogP contribution is 2.29. The molecule has 0 bridgehead atoms. The second kappa shape index (κ2) is 6.70. The zero-order chi connectivity index (χ0) is 13.6. The van der Waals surface area contributed by atoms with Crippen LogP contribution in [0.5, 0.6) is 0 Å². The number of nitrogens with one attached hydrogen (secondary N) is 1. The molecule has 18 heavy (non-hydrogen) atoms. The molecule has 0 radical (unpaired) electrons. The van der Waals surface area contributed by atoms with E-state index in [0.717, 1.165) is 25.7 Å². The van der Waals surface area contributed by atoms with E-state index in [1.807, 2.05) is 0 Å². The standard InChI is InChI=1S/C12H22N2O4/c1-18-9(6-11(16)17)8-14-10(15)7-12(13)4-2-3-5-12/h9H,2-8,13H2,1H3,(H,14,15)(H,16,17). The number of methoxy groups -OCH3 is 1. The fraction of sp³-hybridized carbons (Fsp3) is 0.833. The molecule has 1 rings (SSSR count). The number of aliphatic carboxylic acids is 1. The molecule has 0 heterocycles. The topological polar surface area (TPSA) is 102 Å². The van der Waals surface area contributed by atoms with Crippen LogP contribution >= 0.6 is 0 Å². The van der Waals surface area contributed by atoms with E-state index in [1.54, 1.807) is 0 Å². The molecule has 6 nitrogen and oxygen atoms in total. The molecule has 0 saturated heterocycles. The van der Waals surface area contributed by atoms with Crippen molar-refractivity contribution >= 4 is 11.9 Å². The fourth-order valence-corrected chi connectivity index (χ4v) is 2.30. The minimum atomic E-state index is -0.942. The highest BCUT2D eigenvalue weighted by atomic mass is 16.5. The van der Waals surface area contributed by atoms with Crippen LogP contribution in [0.1, 0.15) is 38.5 Å². The monoisotopic (exact) mass is 258 g/mol. The van der Waals surface area contributed by atoms with E-state index in [1.165, 1.54) is 7.11 Å². The lowest BCUT2D eigenvalue weighted by atomic mass is 9.94. The van der Waals surface area contributed by atoms with Gasteiger partial charge in [0.2, 0.25) is 5.91 Å². The Hall–Kier alpha value is -1.14. The molecular weight excluding hydrogens is 236 g/mol. The van der Waals surface area contributed by atoms with Crippen molar-refractivity contribution < 1.29 is 19.4 Å². The summed E-state index contributed by atoms with van der Waals surface area (Å²) in [6.07, 6.45) is 3.59. The van der Waals surface area contributed by atoms with Crippen LogP contribution in [-0.4, -0.2) is 42.3 Å². The SMILES string of the molecule is COC(CNC(=O)CC1(N)CCCC1)CC(=O)O. The van der Waals surface area contributed by atoms with Crippen LogP contribution in [0.3, 0.4) is 0 Å². The molecule has 0 aliphatic heterocycles. The molecule has 0 aromatic heterocycles.